The lowest BCUT2D eigenvalue weighted by Gasteiger charge is -2.19. The van der Waals surface area contributed by atoms with Crippen molar-refractivity contribution in [1.29, 1.82) is 0 Å². The number of nitrogens with one attached hydrogen (secondary N) is 2. The number of rotatable bonds is 15. The summed E-state index contributed by atoms with van der Waals surface area (Å²) in [5, 5.41) is 14.1. The predicted octanol–water partition coefficient (Wildman–Crippen LogP) is 1.22. The van der Waals surface area contributed by atoms with Crippen molar-refractivity contribution < 1.29 is 43.3 Å². The van der Waals surface area contributed by atoms with E-state index >= 15 is 0 Å². The number of esters is 2. The van der Waals surface area contributed by atoms with Gasteiger partial charge in [0.15, 0.2) is 6.61 Å². The second-order valence-corrected chi connectivity index (χ2v) is 7.40. The second kappa shape index (κ2) is 15.3. The summed E-state index contributed by atoms with van der Waals surface area (Å²) in [5.41, 5.74) is 0.543. The summed E-state index contributed by atoms with van der Waals surface area (Å²) < 4.78 is 14.6. The fourth-order valence-electron chi connectivity index (χ4n) is 2.94. The molecule has 1 rings (SSSR count). The van der Waals surface area contributed by atoms with Crippen molar-refractivity contribution in [3.63, 3.8) is 0 Å². The van der Waals surface area contributed by atoms with E-state index in [9.17, 15) is 24.0 Å². The maximum absolute atomic E-state index is 12.7. The zero-order valence-corrected chi connectivity index (χ0v) is 19.7. The van der Waals surface area contributed by atoms with Crippen molar-refractivity contribution in [3.05, 3.63) is 29.3 Å². The summed E-state index contributed by atoms with van der Waals surface area (Å²) in [4.78, 5) is 59.3. The molecule has 3 N–H and O–H groups in total. The number of unbranched alkanes of at least 4 members (excludes halogenated alkanes) is 2. The summed E-state index contributed by atoms with van der Waals surface area (Å²) in [6.07, 6.45) is 2.08. The molecule has 34 heavy (non-hydrogen) atoms. The van der Waals surface area contributed by atoms with Crippen LogP contribution in [-0.2, 0) is 35.1 Å². The molecule has 1 aromatic rings. The number of benzene rings is 1. The lowest BCUT2D eigenvalue weighted by molar-refractivity contribution is -0.143. The Kier molecular flexibility index (Phi) is 12.7. The van der Waals surface area contributed by atoms with Crippen LogP contribution in [0.5, 0.6) is 5.75 Å². The number of aliphatic carboxylic acids is 1. The van der Waals surface area contributed by atoms with Gasteiger partial charge < -0.3 is 30.0 Å². The van der Waals surface area contributed by atoms with Gasteiger partial charge in [0.05, 0.1) is 20.6 Å². The van der Waals surface area contributed by atoms with E-state index in [2.05, 4.69) is 15.4 Å². The molecule has 0 fully saturated rings. The molecule has 0 saturated heterocycles. The molecule has 11 heteroatoms. The summed E-state index contributed by atoms with van der Waals surface area (Å²) in [7, 11) is 2.39. The van der Waals surface area contributed by atoms with Crippen LogP contribution in [0.4, 0.5) is 0 Å². The highest BCUT2D eigenvalue weighted by Crippen LogP contribution is 2.22. The summed E-state index contributed by atoms with van der Waals surface area (Å²) in [6, 6.07) is 3.49. The molecule has 0 aromatic heterocycles. The molecule has 1 atom stereocenters. The van der Waals surface area contributed by atoms with E-state index in [1.54, 1.807) is 6.07 Å². The van der Waals surface area contributed by atoms with E-state index in [1.165, 1.54) is 26.4 Å². The van der Waals surface area contributed by atoms with Gasteiger partial charge in [-0.05, 0) is 24.1 Å². The number of carbonyl (C=O) groups is 5. The third-order valence-electron chi connectivity index (χ3n) is 4.76. The van der Waals surface area contributed by atoms with Gasteiger partial charge in [-0.2, -0.15) is 0 Å². The molecule has 0 spiro atoms. The average molecular weight is 481 g/mol. The molecule has 0 saturated carbocycles. The first kappa shape index (κ1) is 28.4. The minimum atomic E-state index is -1.12. The van der Waals surface area contributed by atoms with E-state index in [0.717, 1.165) is 19.3 Å². The van der Waals surface area contributed by atoms with E-state index in [-0.39, 0.29) is 30.6 Å². The lowest BCUT2D eigenvalue weighted by atomic mass is 10.0. The molecular weight excluding hydrogens is 448 g/mol. The van der Waals surface area contributed by atoms with Crippen LogP contribution < -0.4 is 15.4 Å². The van der Waals surface area contributed by atoms with Crippen molar-refractivity contribution in [2.75, 3.05) is 27.4 Å². The Morgan fingerprint density at radius 2 is 1.76 bits per heavy atom. The number of carboxylic acids is 1. The van der Waals surface area contributed by atoms with Crippen molar-refractivity contribution in [1.82, 2.24) is 10.6 Å². The zero-order chi connectivity index (χ0) is 25.5. The highest BCUT2D eigenvalue weighted by molar-refractivity contribution is 5.93. The van der Waals surface area contributed by atoms with Crippen LogP contribution in [0, 0.1) is 0 Å². The SMILES string of the molecule is CCCCCNC(=O)C(Cc1ccc(OCC(=O)OC)c(C(=O)OC)c1)NC(=O)CCC(=O)O. The van der Waals surface area contributed by atoms with Crippen LogP contribution in [0.15, 0.2) is 18.2 Å². The largest absolute Gasteiger partial charge is 0.481 e. The number of methoxy groups -OCH3 is 2. The number of carboxylic acid groups (broad SMARTS) is 1. The topological polar surface area (TPSA) is 157 Å². The number of carbonyl (C=O) groups excluding carboxylic acids is 4. The lowest BCUT2D eigenvalue weighted by Crippen LogP contribution is -2.48. The maximum Gasteiger partial charge on any atom is 0.343 e. The van der Waals surface area contributed by atoms with Crippen LogP contribution >= 0.6 is 0 Å². The van der Waals surface area contributed by atoms with Gasteiger partial charge in [-0.1, -0.05) is 25.8 Å². The van der Waals surface area contributed by atoms with E-state index < -0.39 is 42.4 Å². The first-order valence-electron chi connectivity index (χ1n) is 10.9. The third-order valence-corrected chi connectivity index (χ3v) is 4.76. The second-order valence-electron chi connectivity index (χ2n) is 7.40. The molecule has 1 unspecified atom stereocenters. The van der Waals surface area contributed by atoms with Gasteiger partial charge in [0.2, 0.25) is 11.8 Å². The summed E-state index contributed by atoms with van der Waals surface area (Å²) >= 11 is 0. The quantitative estimate of drug-likeness (QED) is 0.248. The molecule has 0 heterocycles. The van der Waals surface area contributed by atoms with E-state index in [4.69, 9.17) is 14.6 Å². The molecule has 1 aromatic carbocycles. The molecule has 0 aliphatic carbocycles. The van der Waals surface area contributed by atoms with Crippen molar-refractivity contribution in [2.45, 2.75) is 51.5 Å². The Bertz CT molecular complexity index is 870. The van der Waals surface area contributed by atoms with E-state index in [0.29, 0.717) is 12.1 Å². The summed E-state index contributed by atoms with van der Waals surface area (Å²) in [5.74, 6) is -3.39. The Balaban J connectivity index is 3.06. The van der Waals surface area contributed by atoms with Crippen molar-refractivity contribution in [3.8, 4) is 5.75 Å². The van der Waals surface area contributed by atoms with Gasteiger partial charge in [-0.25, -0.2) is 9.59 Å². The smallest absolute Gasteiger partial charge is 0.343 e. The number of amides is 2. The van der Waals surface area contributed by atoms with Crippen LogP contribution in [0.2, 0.25) is 0 Å². The standard InChI is InChI=1S/C23H32N2O9/c1-4-5-6-11-24-22(30)17(25-19(26)9-10-20(27)28)13-15-7-8-18(34-14-21(29)32-2)16(12-15)23(31)33-3/h7-8,12,17H,4-6,9-11,13-14H2,1-3H3,(H,24,30)(H,25,26)(H,27,28). The first-order valence-corrected chi connectivity index (χ1v) is 10.9. The van der Waals surface area contributed by atoms with Crippen LogP contribution in [0.25, 0.3) is 0 Å². The van der Waals surface area contributed by atoms with Crippen LogP contribution in [-0.4, -0.2) is 68.2 Å². The van der Waals surface area contributed by atoms with E-state index in [1.807, 2.05) is 6.92 Å². The fraction of sp³-hybridized carbons (Fsp3) is 0.522. The zero-order valence-electron chi connectivity index (χ0n) is 19.7. The Morgan fingerprint density at radius 1 is 1.03 bits per heavy atom. The third kappa shape index (κ3) is 10.3. The van der Waals surface area contributed by atoms with Gasteiger partial charge in [0.25, 0.3) is 0 Å². The van der Waals surface area contributed by atoms with Crippen LogP contribution in [0.3, 0.4) is 0 Å². The van der Waals surface area contributed by atoms with Crippen molar-refractivity contribution in [2.24, 2.45) is 0 Å². The minimum Gasteiger partial charge on any atom is -0.481 e. The summed E-state index contributed by atoms with van der Waals surface area (Å²) in [6.45, 7) is 2.05. The van der Waals surface area contributed by atoms with Gasteiger partial charge in [0.1, 0.15) is 17.4 Å². The normalized spacial score (nSPS) is 11.1. The van der Waals surface area contributed by atoms with Gasteiger partial charge in [-0.15, -0.1) is 0 Å². The number of ether oxygens (including phenoxy) is 3. The average Bonchev–Trinajstić information content (AvgIpc) is 2.83. The van der Waals surface area contributed by atoms with Gasteiger partial charge in [0, 0.05) is 19.4 Å². The molecule has 0 aliphatic rings. The molecule has 0 bridgehead atoms. The van der Waals surface area contributed by atoms with Crippen molar-refractivity contribution >= 4 is 29.7 Å². The first-order chi connectivity index (χ1) is 16.2. The fourth-order valence-corrected chi connectivity index (χ4v) is 2.94. The molecule has 0 aliphatic heterocycles. The number of hydrogen-bond acceptors (Lipinski definition) is 8. The highest BCUT2D eigenvalue weighted by atomic mass is 16.6. The highest BCUT2D eigenvalue weighted by Gasteiger charge is 2.23. The molecule has 2 amide bonds. The monoisotopic (exact) mass is 480 g/mol. The molecule has 188 valence electrons. The molecule has 0 radical (unpaired) electrons. The Hall–Kier alpha value is -3.63. The maximum atomic E-state index is 12.7. The molecule has 11 nitrogen and oxygen atoms in total. The van der Waals surface area contributed by atoms with Gasteiger partial charge >= 0.3 is 17.9 Å². The Labute approximate surface area is 198 Å². The molecular formula is C23H32N2O9. The number of hydrogen-bond donors (Lipinski definition) is 3. The minimum absolute atomic E-state index is 0.0275. The van der Waals surface area contributed by atoms with Crippen LogP contribution in [0.1, 0.15) is 54.9 Å². The predicted molar refractivity (Wildman–Crippen MR) is 120 cm³/mol. The van der Waals surface area contributed by atoms with Gasteiger partial charge in [-0.3, -0.25) is 14.4 Å². The Morgan fingerprint density at radius 3 is 2.38 bits per heavy atom.